The van der Waals surface area contributed by atoms with Gasteiger partial charge in [-0.25, -0.2) is 23.5 Å². The Morgan fingerprint density at radius 1 is 0.978 bits per heavy atom. The number of carbonyl (C=O) groups is 2. The van der Waals surface area contributed by atoms with E-state index in [1.807, 2.05) is 41.3 Å². The Morgan fingerprint density at radius 2 is 1.80 bits per heavy atom. The molecule has 1 aliphatic rings. The average molecular weight is 623 g/mol. The molecule has 0 saturated carbocycles. The molecule has 0 bridgehead atoms. The fourth-order valence-corrected chi connectivity index (χ4v) is 6.38. The molecule has 7 rings (SSSR count). The molecule has 224 valence electrons. The minimum Gasteiger partial charge on any atom is -0.476 e. The van der Waals surface area contributed by atoms with Gasteiger partial charge >= 0.3 is 5.97 Å². The number of halogens is 2. The summed E-state index contributed by atoms with van der Waals surface area (Å²) in [5, 5.41) is 17.5. The predicted molar refractivity (Wildman–Crippen MR) is 167 cm³/mol. The second-order valence-corrected chi connectivity index (χ2v) is 11.6. The summed E-state index contributed by atoms with van der Waals surface area (Å²) in [5.41, 5.74) is 4.54. The lowest BCUT2D eigenvalue weighted by atomic mass is 9.94. The highest BCUT2D eigenvalue weighted by molar-refractivity contribution is 7.22. The summed E-state index contributed by atoms with van der Waals surface area (Å²) in [6.45, 7) is 1.46. The first-order chi connectivity index (χ1) is 21.8. The molecule has 4 heterocycles. The van der Waals surface area contributed by atoms with Crippen molar-refractivity contribution in [1.82, 2.24) is 19.7 Å². The number of carboxylic acid groups (broad SMARTS) is 1. The summed E-state index contributed by atoms with van der Waals surface area (Å²) >= 11 is 1.05. The fourth-order valence-electron chi connectivity index (χ4n) is 5.51. The molecule has 1 amide bonds. The van der Waals surface area contributed by atoms with Crippen LogP contribution in [0, 0.1) is 11.6 Å². The van der Waals surface area contributed by atoms with E-state index in [2.05, 4.69) is 20.4 Å². The molecular formula is C33H24F2N6O3S. The smallest absolute Gasteiger partial charge is 0.355 e. The molecule has 0 atom stereocenters. The minimum absolute atomic E-state index is 0.0905. The number of amides is 1. The number of fused-ring (bicyclic) bond motifs is 2. The van der Waals surface area contributed by atoms with Crippen LogP contribution in [0.15, 0.2) is 85.2 Å². The molecule has 45 heavy (non-hydrogen) atoms. The van der Waals surface area contributed by atoms with Gasteiger partial charge in [-0.05, 0) is 47.4 Å². The molecule has 0 fully saturated rings. The van der Waals surface area contributed by atoms with E-state index in [1.165, 1.54) is 0 Å². The number of rotatable bonds is 7. The first-order valence-electron chi connectivity index (χ1n) is 14.1. The molecule has 1 aliphatic heterocycles. The number of nitrogens with zero attached hydrogens (tertiary/aromatic N) is 5. The number of hydrogen-bond donors (Lipinski definition) is 2. The van der Waals surface area contributed by atoms with Crippen molar-refractivity contribution in [2.75, 3.05) is 16.8 Å². The van der Waals surface area contributed by atoms with Crippen molar-refractivity contribution in [1.29, 1.82) is 0 Å². The van der Waals surface area contributed by atoms with Crippen LogP contribution >= 0.6 is 11.3 Å². The van der Waals surface area contributed by atoms with E-state index in [4.69, 9.17) is 0 Å². The van der Waals surface area contributed by atoms with Crippen LogP contribution in [0.4, 0.5) is 19.7 Å². The third-order valence-electron chi connectivity index (χ3n) is 7.71. The van der Waals surface area contributed by atoms with Gasteiger partial charge in [-0.15, -0.1) is 0 Å². The Hall–Kier alpha value is -5.49. The SMILES string of the molecule is O=C(Nc1nc2cc(F)c(F)cc2s1)c1cccc2c1CN(c1ccc(-c3cnn(Cc4ccccc4)c3)c(C(=O)O)n1)CC2. The second kappa shape index (κ2) is 11.5. The van der Waals surface area contributed by atoms with Gasteiger partial charge in [0, 0.05) is 42.0 Å². The second-order valence-electron chi connectivity index (χ2n) is 10.6. The van der Waals surface area contributed by atoms with Crippen LogP contribution in [-0.4, -0.2) is 43.3 Å². The predicted octanol–water partition coefficient (Wildman–Crippen LogP) is 6.39. The maximum Gasteiger partial charge on any atom is 0.355 e. The molecule has 3 aromatic heterocycles. The van der Waals surface area contributed by atoms with E-state index in [9.17, 15) is 23.5 Å². The van der Waals surface area contributed by atoms with Gasteiger partial charge < -0.3 is 10.0 Å². The number of nitrogens with one attached hydrogen (secondary N) is 1. The number of aromatic nitrogens is 4. The number of aromatic carboxylic acids is 1. The number of carboxylic acids is 1. The van der Waals surface area contributed by atoms with Crippen LogP contribution in [0.1, 0.15) is 37.5 Å². The minimum atomic E-state index is -1.16. The normalized spacial score (nSPS) is 12.7. The lowest BCUT2D eigenvalue weighted by Crippen LogP contribution is -2.33. The Labute approximate surface area is 259 Å². The number of anilines is 2. The molecular weight excluding hydrogens is 598 g/mol. The number of carbonyl (C=O) groups excluding carboxylic acids is 1. The highest BCUT2D eigenvalue weighted by atomic mass is 32.1. The molecule has 0 spiro atoms. The molecule has 0 saturated heterocycles. The van der Waals surface area contributed by atoms with Crippen molar-refractivity contribution in [3.8, 4) is 11.1 Å². The molecule has 0 unspecified atom stereocenters. The van der Waals surface area contributed by atoms with E-state index >= 15 is 0 Å². The Bertz CT molecular complexity index is 2060. The van der Waals surface area contributed by atoms with Crippen LogP contribution in [0.2, 0.25) is 0 Å². The highest BCUT2D eigenvalue weighted by Gasteiger charge is 2.25. The Kier molecular flexibility index (Phi) is 7.26. The van der Waals surface area contributed by atoms with E-state index in [0.717, 1.165) is 40.2 Å². The summed E-state index contributed by atoms with van der Waals surface area (Å²) in [6, 6.07) is 20.9. The van der Waals surface area contributed by atoms with Gasteiger partial charge in [0.1, 0.15) is 5.82 Å². The Morgan fingerprint density at radius 3 is 2.62 bits per heavy atom. The van der Waals surface area contributed by atoms with Crippen molar-refractivity contribution >= 4 is 44.4 Å². The maximum atomic E-state index is 13.7. The summed E-state index contributed by atoms with van der Waals surface area (Å²) in [5.74, 6) is -3.07. The number of benzene rings is 3. The van der Waals surface area contributed by atoms with Gasteiger partial charge in [0.05, 0.1) is 23.0 Å². The highest BCUT2D eigenvalue weighted by Crippen LogP contribution is 2.32. The van der Waals surface area contributed by atoms with E-state index in [1.54, 1.807) is 41.3 Å². The molecule has 2 N–H and O–H groups in total. The van der Waals surface area contributed by atoms with Crippen molar-refractivity contribution in [3.63, 3.8) is 0 Å². The zero-order chi connectivity index (χ0) is 31.1. The number of thiazole rings is 1. The zero-order valence-corrected chi connectivity index (χ0v) is 24.4. The van der Waals surface area contributed by atoms with Gasteiger partial charge in [-0.1, -0.05) is 53.8 Å². The molecule has 9 nitrogen and oxygen atoms in total. The lowest BCUT2D eigenvalue weighted by Gasteiger charge is -2.31. The van der Waals surface area contributed by atoms with Gasteiger partial charge in [0.2, 0.25) is 0 Å². The van der Waals surface area contributed by atoms with Gasteiger partial charge in [-0.3, -0.25) is 14.8 Å². The fraction of sp³-hybridized carbons (Fsp3) is 0.121. The van der Waals surface area contributed by atoms with Crippen LogP contribution in [0.5, 0.6) is 0 Å². The summed E-state index contributed by atoms with van der Waals surface area (Å²) < 4.78 is 29.5. The van der Waals surface area contributed by atoms with Gasteiger partial charge in [0.25, 0.3) is 5.91 Å². The van der Waals surface area contributed by atoms with Crippen LogP contribution < -0.4 is 10.2 Å². The van der Waals surface area contributed by atoms with E-state index < -0.39 is 23.5 Å². The van der Waals surface area contributed by atoms with Crippen LogP contribution in [0.25, 0.3) is 21.3 Å². The molecule has 0 radical (unpaired) electrons. The zero-order valence-electron chi connectivity index (χ0n) is 23.6. The van der Waals surface area contributed by atoms with E-state index in [-0.39, 0.29) is 16.3 Å². The number of hydrogen-bond acceptors (Lipinski definition) is 7. The summed E-state index contributed by atoms with van der Waals surface area (Å²) in [7, 11) is 0. The largest absolute Gasteiger partial charge is 0.476 e. The first-order valence-corrected chi connectivity index (χ1v) is 14.9. The van der Waals surface area contributed by atoms with Gasteiger partial charge in [0.15, 0.2) is 22.5 Å². The van der Waals surface area contributed by atoms with Gasteiger partial charge in [-0.2, -0.15) is 5.10 Å². The van der Waals surface area contributed by atoms with Crippen molar-refractivity contribution in [3.05, 3.63) is 125 Å². The Balaban J connectivity index is 1.13. The molecule has 0 aliphatic carbocycles. The van der Waals surface area contributed by atoms with Crippen molar-refractivity contribution in [2.24, 2.45) is 0 Å². The maximum absolute atomic E-state index is 13.7. The molecule has 6 aromatic rings. The number of pyridine rings is 1. The van der Waals surface area contributed by atoms with Crippen LogP contribution in [0.3, 0.4) is 0 Å². The van der Waals surface area contributed by atoms with Crippen LogP contribution in [-0.2, 0) is 19.5 Å². The standard InChI is InChI=1S/C33H24F2N6O3S/c34-25-13-27-28(14-26(25)35)45-33(37-27)39-31(42)23-8-4-7-20-11-12-40(18-24(20)23)29-10-9-22(30(38-29)32(43)44)21-15-36-41(17-21)16-19-5-2-1-3-6-19/h1-10,13-15,17H,11-12,16,18H2,(H,43,44)(H,37,39,42). The molecule has 12 heteroatoms. The quantitative estimate of drug-likeness (QED) is 0.212. The third kappa shape index (κ3) is 5.63. The topological polar surface area (TPSA) is 113 Å². The first kappa shape index (κ1) is 28.3. The molecule has 3 aromatic carbocycles. The summed E-state index contributed by atoms with van der Waals surface area (Å²) in [4.78, 5) is 36.4. The average Bonchev–Trinajstić information content (AvgIpc) is 3.67. The summed E-state index contributed by atoms with van der Waals surface area (Å²) in [6.07, 6.45) is 4.05. The van der Waals surface area contributed by atoms with Crippen molar-refractivity contribution in [2.45, 2.75) is 19.5 Å². The van der Waals surface area contributed by atoms with Crippen molar-refractivity contribution < 1.29 is 23.5 Å². The monoisotopic (exact) mass is 622 g/mol. The van der Waals surface area contributed by atoms with E-state index in [0.29, 0.717) is 53.3 Å². The lowest BCUT2D eigenvalue weighted by molar-refractivity contribution is 0.0691. The third-order valence-corrected chi connectivity index (χ3v) is 8.64.